The zero-order valence-corrected chi connectivity index (χ0v) is 25.4. The van der Waals surface area contributed by atoms with E-state index in [-0.39, 0.29) is 0 Å². The van der Waals surface area contributed by atoms with Gasteiger partial charge >= 0.3 is 0 Å². The average Bonchev–Trinajstić information content (AvgIpc) is 3.64. The summed E-state index contributed by atoms with van der Waals surface area (Å²) in [6, 6.07) is 17.5. The zero-order chi connectivity index (χ0) is 28.5. The molecule has 1 N–H and O–H groups in total. The number of H-pyrrole nitrogens is 1. The van der Waals surface area contributed by atoms with E-state index in [2.05, 4.69) is 90.9 Å². The number of nitrogens with one attached hydrogen (secondary N) is 1. The standard InChI is InChI=1S/C35H40ClN5/c1-5-9-24-11-8-12-25(10-6-2)34(24)41-35(28-14-15-30(36)33-27(28)17-19-37-33)29-22-40(20-18-31(29)39-41)32-16-13-26(21-38-32)23(4)7-3/h8,11-17,19,21,23,37H,5-7,9-10,18,20,22H2,1-4H3. The van der Waals surface area contributed by atoms with Crippen LogP contribution < -0.4 is 4.90 Å². The van der Waals surface area contributed by atoms with E-state index >= 15 is 0 Å². The number of benzene rings is 2. The molecule has 6 rings (SSSR count). The number of pyridine rings is 1. The lowest BCUT2D eigenvalue weighted by atomic mass is 9.96. The number of fused-ring (bicyclic) bond motifs is 2. The first-order valence-corrected chi connectivity index (χ1v) is 15.6. The topological polar surface area (TPSA) is 49.7 Å². The van der Waals surface area contributed by atoms with E-state index < -0.39 is 0 Å². The van der Waals surface area contributed by atoms with E-state index in [9.17, 15) is 0 Å². The summed E-state index contributed by atoms with van der Waals surface area (Å²) in [6.45, 7) is 10.7. The molecule has 212 valence electrons. The van der Waals surface area contributed by atoms with Crippen LogP contribution in [0.2, 0.25) is 5.02 Å². The number of hydrogen-bond acceptors (Lipinski definition) is 3. The van der Waals surface area contributed by atoms with Crippen molar-refractivity contribution in [2.24, 2.45) is 0 Å². The maximum absolute atomic E-state index is 6.64. The van der Waals surface area contributed by atoms with Crippen LogP contribution in [-0.4, -0.2) is 26.3 Å². The van der Waals surface area contributed by atoms with E-state index in [0.717, 1.165) is 78.9 Å². The number of hydrogen-bond donors (Lipinski definition) is 1. The van der Waals surface area contributed by atoms with Crippen molar-refractivity contribution in [1.29, 1.82) is 0 Å². The highest BCUT2D eigenvalue weighted by atomic mass is 35.5. The third kappa shape index (κ3) is 5.05. The lowest BCUT2D eigenvalue weighted by molar-refractivity contribution is 0.699. The first-order valence-electron chi connectivity index (χ1n) is 15.2. The van der Waals surface area contributed by atoms with Crippen LogP contribution in [-0.2, 0) is 25.8 Å². The summed E-state index contributed by atoms with van der Waals surface area (Å²) in [7, 11) is 0. The van der Waals surface area contributed by atoms with Crippen molar-refractivity contribution < 1.29 is 0 Å². The maximum atomic E-state index is 6.64. The number of halogens is 1. The first kappa shape index (κ1) is 27.6. The molecule has 4 heterocycles. The molecule has 5 aromatic rings. The van der Waals surface area contributed by atoms with Crippen LogP contribution in [0.25, 0.3) is 27.8 Å². The van der Waals surface area contributed by atoms with E-state index in [1.165, 1.54) is 39.3 Å². The molecule has 0 radical (unpaired) electrons. The van der Waals surface area contributed by atoms with Gasteiger partial charge in [-0.3, -0.25) is 0 Å². The van der Waals surface area contributed by atoms with Gasteiger partial charge in [0.15, 0.2) is 0 Å². The minimum Gasteiger partial charge on any atom is -0.360 e. The SMILES string of the molecule is CCCc1cccc(CCC)c1-n1nc2c(c1-c1ccc(Cl)c3[nH]ccc13)CN(c1ccc(C(C)CC)cn1)CC2. The van der Waals surface area contributed by atoms with Crippen molar-refractivity contribution >= 4 is 28.3 Å². The van der Waals surface area contributed by atoms with Gasteiger partial charge in [0.2, 0.25) is 0 Å². The van der Waals surface area contributed by atoms with Crippen molar-refractivity contribution in [1.82, 2.24) is 19.7 Å². The Kier molecular flexibility index (Phi) is 7.90. The molecule has 1 aliphatic heterocycles. The average molecular weight is 566 g/mol. The van der Waals surface area contributed by atoms with Gasteiger partial charge in [-0.05, 0) is 60.1 Å². The van der Waals surface area contributed by atoms with Gasteiger partial charge in [-0.25, -0.2) is 9.67 Å². The van der Waals surface area contributed by atoms with Gasteiger partial charge in [-0.1, -0.05) is 82.5 Å². The fourth-order valence-electron chi connectivity index (χ4n) is 6.31. The molecule has 1 unspecified atom stereocenters. The fraction of sp³-hybridized carbons (Fsp3) is 0.371. The molecule has 1 atom stereocenters. The largest absolute Gasteiger partial charge is 0.360 e. The maximum Gasteiger partial charge on any atom is 0.128 e. The van der Waals surface area contributed by atoms with E-state index in [1.54, 1.807) is 0 Å². The predicted octanol–water partition coefficient (Wildman–Crippen LogP) is 9.05. The second-order valence-corrected chi connectivity index (χ2v) is 11.8. The van der Waals surface area contributed by atoms with Crippen molar-refractivity contribution in [3.05, 3.63) is 93.9 Å². The van der Waals surface area contributed by atoms with Gasteiger partial charge in [-0.2, -0.15) is 5.10 Å². The molecule has 0 saturated carbocycles. The molecule has 6 heteroatoms. The highest BCUT2D eigenvalue weighted by Gasteiger charge is 2.29. The molecule has 0 amide bonds. The summed E-state index contributed by atoms with van der Waals surface area (Å²) < 4.78 is 2.28. The zero-order valence-electron chi connectivity index (χ0n) is 24.7. The van der Waals surface area contributed by atoms with Crippen molar-refractivity contribution in [3.63, 3.8) is 0 Å². The Morgan fingerprint density at radius 1 is 0.976 bits per heavy atom. The molecule has 5 nitrogen and oxygen atoms in total. The molecule has 0 fully saturated rings. The summed E-state index contributed by atoms with van der Waals surface area (Å²) in [5, 5.41) is 7.26. The van der Waals surface area contributed by atoms with Crippen LogP contribution in [0.5, 0.6) is 0 Å². The predicted molar refractivity (Wildman–Crippen MR) is 172 cm³/mol. The van der Waals surface area contributed by atoms with Gasteiger partial charge in [0.05, 0.1) is 27.6 Å². The molecule has 0 aliphatic carbocycles. The van der Waals surface area contributed by atoms with Crippen molar-refractivity contribution in [3.8, 4) is 16.9 Å². The normalized spacial score (nSPS) is 14.0. The van der Waals surface area contributed by atoms with E-state index in [1.807, 2.05) is 12.3 Å². The smallest absolute Gasteiger partial charge is 0.128 e. The number of rotatable bonds is 9. The van der Waals surface area contributed by atoms with Crippen LogP contribution in [0.15, 0.2) is 60.9 Å². The van der Waals surface area contributed by atoms with Gasteiger partial charge in [0.25, 0.3) is 0 Å². The van der Waals surface area contributed by atoms with Crippen molar-refractivity contribution in [2.75, 3.05) is 11.4 Å². The number of aryl methyl sites for hydroxylation is 2. The van der Waals surface area contributed by atoms with Gasteiger partial charge in [-0.15, -0.1) is 0 Å². The molecular weight excluding hydrogens is 526 g/mol. The van der Waals surface area contributed by atoms with Gasteiger partial charge < -0.3 is 9.88 Å². The quantitative estimate of drug-likeness (QED) is 0.194. The second-order valence-electron chi connectivity index (χ2n) is 11.4. The highest BCUT2D eigenvalue weighted by molar-refractivity contribution is 6.35. The van der Waals surface area contributed by atoms with Crippen LogP contribution in [0, 0.1) is 0 Å². The number of aromatic nitrogens is 4. The summed E-state index contributed by atoms with van der Waals surface area (Å²) in [5.41, 5.74) is 11.0. The van der Waals surface area contributed by atoms with Gasteiger partial charge in [0, 0.05) is 48.4 Å². The highest BCUT2D eigenvalue weighted by Crippen LogP contribution is 2.40. The third-order valence-corrected chi connectivity index (χ3v) is 9.01. The Labute approximate surface area is 248 Å². The summed E-state index contributed by atoms with van der Waals surface area (Å²) in [5.74, 6) is 1.55. The molecule has 2 aromatic carbocycles. The Morgan fingerprint density at radius 3 is 2.44 bits per heavy atom. The van der Waals surface area contributed by atoms with Gasteiger partial charge in [0.1, 0.15) is 5.82 Å². The monoisotopic (exact) mass is 565 g/mol. The number of nitrogens with zero attached hydrogens (tertiary/aromatic N) is 4. The Hall–Kier alpha value is -3.57. The van der Waals surface area contributed by atoms with Crippen LogP contribution in [0.3, 0.4) is 0 Å². The Balaban J connectivity index is 1.54. The molecular formula is C35H40ClN5. The first-order chi connectivity index (χ1) is 20.0. The molecule has 0 saturated heterocycles. The van der Waals surface area contributed by atoms with E-state index in [4.69, 9.17) is 21.7 Å². The van der Waals surface area contributed by atoms with Crippen molar-refractivity contribution in [2.45, 2.75) is 78.7 Å². The fourth-order valence-corrected chi connectivity index (χ4v) is 6.52. The number of para-hydroxylation sites is 1. The summed E-state index contributed by atoms with van der Waals surface area (Å²) >= 11 is 6.64. The Morgan fingerprint density at radius 2 is 1.76 bits per heavy atom. The molecule has 0 bridgehead atoms. The molecule has 1 aliphatic rings. The second kappa shape index (κ2) is 11.7. The lowest BCUT2D eigenvalue weighted by Gasteiger charge is -2.28. The Bertz CT molecular complexity index is 1640. The molecule has 3 aromatic heterocycles. The number of anilines is 1. The minimum atomic E-state index is 0.517. The summed E-state index contributed by atoms with van der Waals surface area (Å²) in [6.07, 6.45) is 10.3. The molecule has 41 heavy (non-hydrogen) atoms. The minimum absolute atomic E-state index is 0.517. The van der Waals surface area contributed by atoms with Crippen LogP contribution in [0.4, 0.5) is 5.82 Å². The van der Waals surface area contributed by atoms with E-state index in [0.29, 0.717) is 5.92 Å². The van der Waals surface area contributed by atoms with Crippen LogP contribution in [0.1, 0.15) is 80.8 Å². The number of aromatic amines is 1. The third-order valence-electron chi connectivity index (χ3n) is 8.69. The van der Waals surface area contributed by atoms with Crippen LogP contribution >= 0.6 is 11.6 Å². The summed E-state index contributed by atoms with van der Waals surface area (Å²) in [4.78, 5) is 10.7. The molecule has 0 spiro atoms. The lowest BCUT2D eigenvalue weighted by Crippen LogP contribution is -2.31.